The predicted octanol–water partition coefficient (Wildman–Crippen LogP) is -2.04. The normalized spacial score (nSPS) is 16.5. The number of carboxylic acid groups (broad SMARTS) is 1. The molecule has 1 aromatic carbocycles. The number of quaternary nitrogens is 1. The molecular weight excluding hydrogens is 306 g/mol. The Hall–Kier alpha value is -2.52. The van der Waals surface area contributed by atoms with E-state index < -0.39 is 29.3 Å². The Morgan fingerprint density at radius 3 is 2.65 bits per heavy atom. The summed E-state index contributed by atoms with van der Waals surface area (Å²) in [6.07, 6.45) is -0.421. The van der Waals surface area contributed by atoms with Gasteiger partial charge in [-0.15, -0.1) is 0 Å². The molecule has 1 saturated heterocycles. The zero-order valence-electron chi connectivity index (χ0n) is 12.3. The van der Waals surface area contributed by atoms with Gasteiger partial charge in [-0.25, -0.2) is 0 Å². The number of rotatable bonds is 6. The zero-order chi connectivity index (χ0) is 16.8. The van der Waals surface area contributed by atoms with E-state index in [4.69, 9.17) is 4.74 Å². The molecule has 1 aliphatic heterocycles. The Morgan fingerprint density at radius 2 is 2.04 bits per heavy atom. The third-order valence-electron chi connectivity index (χ3n) is 3.64. The summed E-state index contributed by atoms with van der Waals surface area (Å²) in [6, 6.07) is 4.66. The van der Waals surface area contributed by atoms with Crippen molar-refractivity contribution in [3.05, 3.63) is 34.4 Å². The highest BCUT2D eigenvalue weighted by Gasteiger charge is 2.31. The van der Waals surface area contributed by atoms with Crippen LogP contribution < -0.4 is 15.3 Å². The minimum absolute atomic E-state index is 0.155. The Bertz CT molecular complexity index is 600. The van der Waals surface area contributed by atoms with Gasteiger partial charge in [0, 0.05) is 30.2 Å². The lowest BCUT2D eigenvalue weighted by Gasteiger charge is -2.30. The Kier molecular flexibility index (Phi) is 5.61. The van der Waals surface area contributed by atoms with Gasteiger partial charge < -0.3 is 24.9 Å². The molecule has 1 amide bonds. The predicted molar refractivity (Wildman–Crippen MR) is 76.7 cm³/mol. The van der Waals surface area contributed by atoms with Gasteiger partial charge in [0.25, 0.3) is 11.6 Å². The fourth-order valence-electron chi connectivity index (χ4n) is 2.50. The monoisotopic (exact) mass is 323 g/mol. The van der Waals surface area contributed by atoms with Crippen molar-refractivity contribution in [1.29, 1.82) is 0 Å². The Morgan fingerprint density at radius 1 is 1.35 bits per heavy atom. The second kappa shape index (κ2) is 7.65. The summed E-state index contributed by atoms with van der Waals surface area (Å²) in [4.78, 5) is 34.3. The second-order valence-electron chi connectivity index (χ2n) is 5.20. The lowest BCUT2D eigenvalue weighted by Crippen LogP contribution is -3.19. The van der Waals surface area contributed by atoms with Crippen LogP contribution in [0.5, 0.6) is 0 Å². The maximum atomic E-state index is 12.4. The number of nitrogens with one attached hydrogen (secondary N) is 2. The molecule has 2 rings (SSSR count). The van der Waals surface area contributed by atoms with E-state index in [2.05, 4.69) is 5.32 Å². The number of amides is 1. The first-order chi connectivity index (χ1) is 11.0. The number of carbonyl (C=O) groups excluding carboxylic acids is 2. The van der Waals surface area contributed by atoms with E-state index in [0.29, 0.717) is 26.3 Å². The van der Waals surface area contributed by atoms with Gasteiger partial charge in [-0.05, 0) is 6.07 Å². The van der Waals surface area contributed by atoms with Crippen LogP contribution in [0.3, 0.4) is 0 Å². The smallest absolute Gasteiger partial charge is 0.283 e. The van der Waals surface area contributed by atoms with Gasteiger partial charge >= 0.3 is 0 Å². The number of carbonyl (C=O) groups is 2. The summed E-state index contributed by atoms with van der Waals surface area (Å²) >= 11 is 0. The minimum atomic E-state index is -1.32. The highest BCUT2D eigenvalue weighted by molar-refractivity contribution is 5.95. The molecule has 0 bridgehead atoms. The number of non-ortho nitro benzene ring substituents is 1. The number of benzene rings is 1. The molecule has 23 heavy (non-hydrogen) atoms. The van der Waals surface area contributed by atoms with Crippen LogP contribution in [0.25, 0.3) is 0 Å². The molecular formula is C14H17N3O6. The van der Waals surface area contributed by atoms with Crippen molar-refractivity contribution in [1.82, 2.24) is 0 Å². The number of hydrogen-bond donors (Lipinski definition) is 2. The number of anilines is 1. The number of morpholine rings is 1. The standard InChI is InChI=1S/C14H17N3O6/c18-13(19)9-12(16-4-6-23-7-5-16)14(20)15-10-2-1-3-11(8-10)17(21)22/h1-3,8,12H,4-7,9H2,(H,15,20)(H,18,19)/t12-/m0/s1. The lowest BCUT2D eigenvalue weighted by molar-refractivity contribution is -0.923. The van der Waals surface area contributed by atoms with Gasteiger partial charge in [0.15, 0.2) is 6.04 Å². The van der Waals surface area contributed by atoms with E-state index >= 15 is 0 Å². The summed E-state index contributed by atoms with van der Waals surface area (Å²) in [5, 5.41) is 24.2. The molecule has 1 fully saturated rings. The average molecular weight is 323 g/mol. The van der Waals surface area contributed by atoms with Crippen molar-refractivity contribution in [3.63, 3.8) is 0 Å². The highest BCUT2D eigenvalue weighted by Crippen LogP contribution is 2.17. The Balaban J connectivity index is 2.11. The molecule has 9 nitrogen and oxygen atoms in total. The van der Waals surface area contributed by atoms with Gasteiger partial charge in [0.2, 0.25) is 0 Å². The molecule has 0 spiro atoms. The number of nitro groups is 1. The van der Waals surface area contributed by atoms with Crippen molar-refractivity contribution >= 4 is 23.3 Å². The van der Waals surface area contributed by atoms with E-state index in [9.17, 15) is 24.8 Å². The molecule has 124 valence electrons. The first-order valence-electron chi connectivity index (χ1n) is 7.15. The third-order valence-corrected chi connectivity index (χ3v) is 3.64. The molecule has 1 aromatic rings. The van der Waals surface area contributed by atoms with Gasteiger partial charge in [0.05, 0.1) is 18.1 Å². The fraction of sp³-hybridized carbons (Fsp3) is 0.429. The van der Waals surface area contributed by atoms with Crippen LogP contribution in [0.15, 0.2) is 24.3 Å². The summed E-state index contributed by atoms with van der Waals surface area (Å²) in [7, 11) is 0. The molecule has 0 saturated carbocycles. The molecule has 1 aliphatic rings. The Labute approximate surface area is 132 Å². The maximum Gasteiger partial charge on any atom is 0.283 e. The summed E-state index contributed by atoms with van der Waals surface area (Å²) in [5.74, 6) is -1.82. The van der Waals surface area contributed by atoms with Crippen LogP contribution in [0.1, 0.15) is 6.42 Å². The van der Waals surface area contributed by atoms with Crippen molar-refractivity contribution in [2.24, 2.45) is 0 Å². The summed E-state index contributed by atoms with van der Waals surface area (Å²) in [6.45, 7) is 1.92. The van der Waals surface area contributed by atoms with Crippen molar-refractivity contribution in [3.8, 4) is 0 Å². The van der Waals surface area contributed by atoms with Gasteiger partial charge in [-0.2, -0.15) is 0 Å². The number of nitro benzene ring substituents is 1. The van der Waals surface area contributed by atoms with Crippen LogP contribution in [0, 0.1) is 10.1 Å². The minimum Gasteiger partial charge on any atom is -0.550 e. The highest BCUT2D eigenvalue weighted by atomic mass is 16.6. The van der Waals surface area contributed by atoms with Crippen LogP contribution in [-0.4, -0.2) is 49.1 Å². The maximum absolute atomic E-state index is 12.4. The van der Waals surface area contributed by atoms with E-state index in [1.54, 1.807) is 0 Å². The van der Waals surface area contributed by atoms with Crippen molar-refractivity contribution in [2.75, 3.05) is 31.6 Å². The SMILES string of the molecule is O=C([O-])C[C@@H](C(=O)Nc1cccc([N+](=O)[O-])c1)[NH+]1CCOCC1. The summed E-state index contributed by atoms with van der Waals surface area (Å²) < 4.78 is 5.20. The number of ether oxygens (including phenoxy) is 1. The second-order valence-corrected chi connectivity index (χ2v) is 5.20. The number of carboxylic acids is 1. The first-order valence-corrected chi connectivity index (χ1v) is 7.15. The molecule has 0 radical (unpaired) electrons. The third kappa shape index (κ3) is 4.73. The average Bonchev–Trinajstić information content (AvgIpc) is 2.53. The van der Waals surface area contributed by atoms with E-state index in [0.717, 1.165) is 4.90 Å². The molecule has 1 heterocycles. The number of hydrogen-bond acceptors (Lipinski definition) is 6. The molecule has 2 N–H and O–H groups in total. The van der Waals surface area contributed by atoms with Gasteiger partial charge in [-0.1, -0.05) is 6.07 Å². The van der Waals surface area contributed by atoms with E-state index in [-0.39, 0.29) is 11.4 Å². The van der Waals surface area contributed by atoms with Crippen LogP contribution in [0.2, 0.25) is 0 Å². The van der Waals surface area contributed by atoms with E-state index in [1.807, 2.05) is 0 Å². The van der Waals surface area contributed by atoms with Crippen LogP contribution in [0.4, 0.5) is 11.4 Å². The molecule has 0 aromatic heterocycles. The lowest BCUT2D eigenvalue weighted by atomic mass is 10.1. The molecule has 9 heteroatoms. The van der Waals surface area contributed by atoms with E-state index in [1.165, 1.54) is 24.3 Å². The molecule has 0 aliphatic carbocycles. The number of aliphatic carboxylic acids is 1. The quantitative estimate of drug-likeness (QED) is 0.459. The molecule has 0 unspecified atom stereocenters. The summed E-state index contributed by atoms with van der Waals surface area (Å²) in [5.41, 5.74) is 0.0955. The van der Waals surface area contributed by atoms with Crippen LogP contribution in [-0.2, 0) is 14.3 Å². The largest absolute Gasteiger partial charge is 0.550 e. The molecule has 1 atom stereocenters. The topological polar surface area (TPSA) is 126 Å². The van der Waals surface area contributed by atoms with Crippen molar-refractivity contribution in [2.45, 2.75) is 12.5 Å². The van der Waals surface area contributed by atoms with Crippen LogP contribution >= 0.6 is 0 Å². The van der Waals surface area contributed by atoms with Crippen molar-refractivity contribution < 1.29 is 29.3 Å². The van der Waals surface area contributed by atoms with Gasteiger partial charge in [0.1, 0.15) is 13.1 Å². The first kappa shape index (κ1) is 16.8. The fourth-order valence-corrected chi connectivity index (χ4v) is 2.50. The number of nitrogens with zero attached hydrogens (tertiary/aromatic N) is 1. The van der Waals surface area contributed by atoms with Gasteiger partial charge in [-0.3, -0.25) is 14.9 Å². The zero-order valence-corrected chi connectivity index (χ0v) is 12.3.